The molecular formula is C14H16BrFO3. The van der Waals surface area contributed by atoms with Crippen molar-refractivity contribution < 1.29 is 19.0 Å². The molecule has 3 nitrogen and oxygen atoms in total. The van der Waals surface area contributed by atoms with E-state index in [-0.39, 0.29) is 11.3 Å². The summed E-state index contributed by atoms with van der Waals surface area (Å²) >= 11 is 3.28. The number of carboxylic acids is 1. The lowest BCUT2D eigenvalue weighted by Gasteiger charge is -2.26. The molecule has 0 spiro atoms. The molecule has 0 amide bonds. The van der Waals surface area contributed by atoms with Gasteiger partial charge < -0.3 is 9.84 Å². The summed E-state index contributed by atoms with van der Waals surface area (Å²) in [6, 6.07) is 1.63. The minimum Gasteiger partial charge on any atom is -0.492 e. The van der Waals surface area contributed by atoms with Crippen LogP contribution in [-0.2, 0) is 10.2 Å². The summed E-state index contributed by atoms with van der Waals surface area (Å²) in [7, 11) is 1.38. The van der Waals surface area contributed by atoms with Gasteiger partial charge in [0.1, 0.15) is 0 Å². The topological polar surface area (TPSA) is 46.5 Å². The van der Waals surface area contributed by atoms with E-state index in [2.05, 4.69) is 15.9 Å². The zero-order valence-electron chi connectivity index (χ0n) is 10.9. The Kier molecular flexibility index (Phi) is 3.85. The monoisotopic (exact) mass is 330 g/mol. The van der Waals surface area contributed by atoms with Crippen molar-refractivity contribution in [3.05, 3.63) is 27.5 Å². The highest BCUT2D eigenvalue weighted by Gasteiger charge is 2.45. The molecule has 0 bridgehead atoms. The third kappa shape index (κ3) is 2.14. The highest BCUT2D eigenvalue weighted by atomic mass is 79.9. The van der Waals surface area contributed by atoms with E-state index in [1.165, 1.54) is 7.11 Å². The van der Waals surface area contributed by atoms with Gasteiger partial charge in [0, 0.05) is 5.56 Å². The van der Waals surface area contributed by atoms with Crippen LogP contribution in [0.25, 0.3) is 0 Å². The molecule has 0 aromatic heterocycles. The van der Waals surface area contributed by atoms with E-state index in [4.69, 9.17) is 4.74 Å². The van der Waals surface area contributed by atoms with Gasteiger partial charge in [0.05, 0.1) is 17.0 Å². The summed E-state index contributed by atoms with van der Waals surface area (Å²) in [5.74, 6) is -1.43. The summed E-state index contributed by atoms with van der Waals surface area (Å²) < 4.78 is 20.2. The number of benzene rings is 1. The van der Waals surface area contributed by atoms with Crippen LogP contribution in [0.1, 0.15) is 36.8 Å². The van der Waals surface area contributed by atoms with E-state index in [1.807, 2.05) is 0 Å². The molecular weight excluding hydrogens is 315 g/mol. The van der Waals surface area contributed by atoms with Gasteiger partial charge in [0.2, 0.25) is 0 Å². The number of carbonyl (C=O) groups is 1. The lowest BCUT2D eigenvalue weighted by Crippen LogP contribution is -2.34. The standard InChI is InChI=1S/C14H16BrFO3/c1-8-7-9(11(16)12(19-2)10(8)15)14(13(17)18)5-3-4-6-14/h7H,3-6H2,1-2H3,(H,17,18). The van der Waals surface area contributed by atoms with E-state index in [9.17, 15) is 14.3 Å². The number of rotatable bonds is 3. The first-order chi connectivity index (χ1) is 8.94. The molecule has 104 valence electrons. The molecule has 0 radical (unpaired) electrons. The first kappa shape index (κ1) is 14.3. The average Bonchev–Trinajstić information content (AvgIpc) is 2.85. The van der Waals surface area contributed by atoms with E-state index < -0.39 is 17.2 Å². The Balaban J connectivity index is 2.68. The molecule has 0 aliphatic heterocycles. The Hall–Kier alpha value is -1.10. The number of hydrogen-bond donors (Lipinski definition) is 1. The molecule has 1 aromatic carbocycles. The van der Waals surface area contributed by atoms with Crippen molar-refractivity contribution in [2.24, 2.45) is 0 Å². The quantitative estimate of drug-likeness (QED) is 0.916. The molecule has 1 N–H and O–H groups in total. The smallest absolute Gasteiger partial charge is 0.314 e. The van der Waals surface area contributed by atoms with Gasteiger partial charge >= 0.3 is 5.97 Å². The number of hydrogen-bond acceptors (Lipinski definition) is 2. The maximum atomic E-state index is 14.6. The third-order valence-electron chi connectivity index (χ3n) is 3.93. The summed E-state index contributed by atoms with van der Waals surface area (Å²) in [6.07, 6.45) is 2.57. The van der Waals surface area contributed by atoms with Gasteiger partial charge in [-0.1, -0.05) is 18.9 Å². The zero-order valence-corrected chi connectivity index (χ0v) is 12.5. The Morgan fingerprint density at radius 3 is 2.53 bits per heavy atom. The number of carboxylic acid groups (broad SMARTS) is 1. The molecule has 1 aliphatic carbocycles. The number of aryl methyl sites for hydroxylation is 1. The zero-order chi connectivity index (χ0) is 14.2. The van der Waals surface area contributed by atoms with Gasteiger partial charge in [-0.05, 0) is 41.3 Å². The highest BCUT2D eigenvalue weighted by Crippen LogP contribution is 2.46. The fourth-order valence-electron chi connectivity index (χ4n) is 2.85. The van der Waals surface area contributed by atoms with Crippen LogP contribution in [0.4, 0.5) is 4.39 Å². The molecule has 2 rings (SSSR count). The van der Waals surface area contributed by atoms with Crippen molar-refractivity contribution in [1.82, 2.24) is 0 Å². The van der Waals surface area contributed by atoms with E-state index in [0.717, 1.165) is 18.4 Å². The molecule has 0 atom stereocenters. The number of halogens is 2. The first-order valence-electron chi connectivity index (χ1n) is 6.20. The summed E-state index contributed by atoms with van der Waals surface area (Å²) in [4.78, 5) is 11.7. The van der Waals surface area contributed by atoms with Gasteiger partial charge in [-0.2, -0.15) is 0 Å². The SMILES string of the molecule is COc1c(F)c(C2(C(=O)O)CCCC2)cc(C)c1Br. The van der Waals surface area contributed by atoms with Crippen LogP contribution in [0.2, 0.25) is 0 Å². The van der Waals surface area contributed by atoms with Crippen molar-refractivity contribution >= 4 is 21.9 Å². The van der Waals surface area contributed by atoms with Gasteiger partial charge in [0.25, 0.3) is 0 Å². The summed E-state index contributed by atoms with van der Waals surface area (Å²) in [5.41, 5.74) is -0.0844. The second-order valence-corrected chi connectivity index (χ2v) is 5.79. The number of ether oxygens (including phenoxy) is 1. The lowest BCUT2D eigenvalue weighted by molar-refractivity contribution is -0.143. The number of aliphatic carboxylic acids is 1. The predicted molar refractivity (Wildman–Crippen MR) is 73.2 cm³/mol. The molecule has 19 heavy (non-hydrogen) atoms. The molecule has 0 saturated heterocycles. The summed E-state index contributed by atoms with van der Waals surface area (Å²) in [5, 5.41) is 9.55. The van der Waals surface area contributed by atoms with Crippen LogP contribution in [0.5, 0.6) is 5.75 Å². The minimum atomic E-state index is -1.11. The van der Waals surface area contributed by atoms with Gasteiger partial charge in [0.15, 0.2) is 11.6 Å². The van der Waals surface area contributed by atoms with Crippen LogP contribution in [0.3, 0.4) is 0 Å². The van der Waals surface area contributed by atoms with Crippen molar-refractivity contribution in [3.8, 4) is 5.75 Å². The minimum absolute atomic E-state index is 0.0857. The van der Waals surface area contributed by atoms with Crippen molar-refractivity contribution in [2.45, 2.75) is 38.0 Å². The van der Waals surface area contributed by atoms with Crippen LogP contribution in [-0.4, -0.2) is 18.2 Å². The Labute approximate surface area is 119 Å². The maximum Gasteiger partial charge on any atom is 0.314 e. The molecule has 5 heteroatoms. The third-order valence-corrected chi connectivity index (χ3v) is 4.91. The largest absolute Gasteiger partial charge is 0.492 e. The molecule has 0 heterocycles. The van der Waals surface area contributed by atoms with Crippen LogP contribution < -0.4 is 4.74 Å². The van der Waals surface area contributed by atoms with E-state index in [1.54, 1.807) is 13.0 Å². The first-order valence-corrected chi connectivity index (χ1v) is 7.00. The fraction of sp³-hybridized carbons (Fsp3) is 0.500. The van der Waals surface area contributed by atoms with Crippen molar-refractivity contribution in [3.63, 3.8) is 0 Å². The average molecular weight is 331 g/mol. The molecule has 1 aliphatic rings. The molecule has 0 unspecified atom stereocenters. The van der Waals surface area contributed by atoms with Crippen LogP contribution in [0.15, 0.2) is 10.5 Å². The molecule has 1 fully saturated rings. The van der Waals surface area contributed by atoms with Gasteiger partial charge in [-0.15, -0.1) is 0 Å². The van der Waals surface area contributed by atoms with Crippen LogP contribution >= 0.6 is 15.9 Å². The van der Waals surface area contributed by atoms with Crippen molar-refractivity contribution in [1.29, 1.82) is 0 Å². The summed E-state index contributed by atoms with van der Waals surface area (Å²) in [6.45, 7) is 1.81. The Morgan fingerprint density at radius 2 is 2.05 bits per heavy atom. The lowest BCUT2D eigenvalue weighted by atomic mass is 9.78. The molecule has 1 aromatic rings. The van der Waals surface area contributed by atoms with Gasteiger partial charge in [-0.25, -0.2) is 4.39 Å². The van der Waals surface area contributed by atoms with E-state index in [0.29, 0.717) is 17.3 Å². The predicted octanol–water partition coefficient (Wildman–Crippen LogP) is 3.80. The second kappa shape index (κ2) is 5.12. The number of methoxy groups -OCH3 is 1. The van der Waals surface area contributed by atoms with Gasteiger partial charge in [-0.3, -0.25) is 4.79 Å². The normalized spacial score (nSPS) is 17.5. The van der Waals surface area contributed by atoms with E-state index >= 15 is 0 Å². The highest BCUT2D eigenvalue weighted by molar-refractivity contribution is 9.10. The Morgan fingerprint density at radius 1 is 1.47 bits per heavy atom. The van der Waals surface area contributed by atoms with Crippen LogP contribution in [0, 0.1) is 12.7 Å². The maximum absolute atomic E-state index is 14.6. The Bertz CT molecular complexity index is 522. The fourth-order valence-corrected chi connectivity index (χ4v) is 3.30. The second-order valence-electron chi connectivity index (χ2n) is 5.00. The van der Waals surface area contributed by atoms with Crippen molar-refractivity contribution in [2.75, 3.05) is 7.11 Å². The molecule has 1 saturated carbocycles.